The minimum Gasteiger partial charge on any atom is -1.00 e. The van der Waals surface area contributed by atoms with Gasteiger partial charge in [0.2, 0.25) is 6.54 Å². The van der Waals surface area contributed by atoms with Gasteiger partial charge in [0.25, 0.3) is 0 Å². The number of unbranched alkanes of at least 4 members (excludes halogenated alkanes) is 13. The smallest absolute Gasteiger partial charge is 0.233 e. The molecular formula is C28H47Cl2N3O. The number of halogens is 2. The van der Waals surface area contributed by atoms with E-state index in [0.29, 0.717) is 6.54 Å². The Morgan fingerprint density at radius 1 is 0.529 bits per heavy atom. The van der Waals surface area contributed by atoms with Crippen molar-refractivity contribution in [2.75, 3.05) is 0 Å². The molecule has 6 heteroatoms. The second kappa shape index (κ2) is 29.4. The van der Waals surface area contributed by atoms with E-state index in [1.807, 2.05) is 41.2 Å². The lowest BCUT2D eigenvalue weighted by Gasteiger charge is -2.02. The summed E-state index contributed by atoms with van der Waals surface area (Å²) >= 11 is 0. The summed E-state index contributed by atoms with van der Waals surface area (Å²) in [6.07, 6.45) is 28.2. The van der Waals surface area contributed by atoms with Crippen molar-refractivity contribution < 1.29 is 39.4 Å². The van der Waals surface area contributed by atoms with Crippen molar-refractivity contribution in [3.05, 3.63) is 61.2 Å². The Kier molecular flexibility index (Phi) is 31.9. The summed E-state index contributed by atoms with van der Waals surface area (Å²) in [5.74, 6) is 0. The van der Waals surface area contributed by atoms with Gasteiger partial charge in [0.05, 0.1) is 0 Å². The van der Waals surface area contributed by atoms with E-state index in [1.165, 1.54) is 96.4 Å². The molecule has 2 aromatic heterocycles. The monoisotopic (exact) mass is 511 g/mol. The topological polar surface area (TPSA) is 63.0 Å². The standard InChI is InChI=1S/C21H38N.C7H7N2.2ClH.H2O/c1-2-3-4-5-6-7-8-9-10-11-12-13-14-16-19-22-20-17-15-18-21-22;8-4-7-9-5-2-1-3-6-9;;;/h15,17-18,20-21H,2-14,16,19H2,1H3;1-3,5-6H,7H2;2*1H;1H2/q2*+1;;;/p-2. The molecule has 2 rings (SSSR count). The second-order valence-corrected chi connectivity index (χ2v) is 8.42. The van der Waals surface area contributed by atoms with Crippen LogP contribution in [0.4, 0.5) is 0 Å². The van der Waals surface area contributed by atoms with Crippen LogP contribution in [-0.2, 0) is 13.1 Å². The maximum absolute atomic E-state index is 8.25. The fraction of sp³-hybridized carbons (Fsp3) is 0.607. The van der Waals surface area contributed by atoms with Crippen molar-refractivity contribution in [1.82, 2.24) is 0 Å². The molecule has 2 aromatic rings. The Hall–Kier alpha value is -1.67. The molecule has 0 aliphatic carbocycles. The lowest BCUT2D eigenvalue weighted by Crippen LogP contribution is -3.00. The number of rotatable bonds is 16. The summed E-state index contributed by atoms with van der Waals surface area (Å²) in [6, 6.07) is 14.1. The predicted octanol–water partition coefficient (Wildman–Crippen LogP) is 0.136. The summed E-state index contributed by atoms with van der Waals surface area (Å²) in [5.41, 5.74) is 0. The highest BCUT2D eigenvalue weighted by molar-refractivity contribution is 4.84. The van der Waals surface area contributed by atoms with Crippen molar-refractivity contribution in [2.24, 2.45) is 0 Å². The van der Waals surface area contributed by atoms with Crippen LogP contribution in [0.25, 0.3) is 0 Å². The highest BCUT2D eigenvalue weighted by atomic mass is 35.5. The van der Waals surface area contributed by atoms with Crippen molar-refractivity contribution in [1.29, 1.82) is 5.26 Å². The summed E-state index contributed by atoms with van der Waals surface area (Å²) < 4.78 is 4.11. The Morgan fingerprint density at radius 3 is 1.26 bits per heavy atom. The van der Waals surface area contributed by atoms with Gasteiger partial charge >= 0.3 is 0 Å². The third kappa shape index (κ3) is 23.5. The molecule has 0 aliphatic rings. The second-order valence-electron chi connectivity index (χ2n) is 8.42. The van der Waals surface area contributed by atoms with Gasteiger partial charge in [0, 0.05) is 30.7 Å². The Balaban J connectivity index is -0.000000680. The van der Waals surface area contributed by atoms with Crippen LogP contribution in [-0.4, -0.2) is 5.48 Å². The van der Waals surface area contributed by atoms with Gasteiger partial charge < -0.3 is 30.3 Å². The first-order chi connectivity index (χ1) is 15.4. The minimum atomic E-state index is 0. The molecule has 0 aliphatic heterocycles. The number of nitriles is 1. The lowest BCUT2D eigenvalue weighted by atomic mass is 10.0. The fourth-order valence-electron chi connectivity index (χ4n) is 3.69. The quantitative estimate of drug-likeness (QED) is 0.233. The van der Waals surface area contributed by atoms with Gasteiger partial charge in [0.15, 0.2) is 24.8 Å². The maximum Gasteiger partial charge on any atom is 0.233 e. The molecule has 194 valence electrons. The van der Waals surface area contributed by atoms with Gasteiger partial charge in [-0.25, -0.2) is 4.57 Å². The highest BCUT2D eigenvalue weighted by Crippen LogP contribution is 2.12. The maximum atomic E-state index is 8.25. The molecule has 0 unspecified atom stereocenters. The van der Waals surface area contributed by atoms with Gasteiger partial charge in [0.1, 0.15) is 12.6 Å². The summed E-state index contributed by atoms with van der Waals surface area (Å²) in [5, 5.41) is 8.25. The lowest BCUT2D eigenvalue weighted by molar-refractivity contribution is -0.697. The average molecular weight is 513 g/mol. The number of pyridine rings is 2. The summed E-state index contributed by atoms with van der Waals surface area (Å²) in [7, 11) is 0. The first kappa shape index (κ1) is 36.9. The zero-order chi connectivity index (χ0) is 22.2. The van der Waals surface area contributed by atoms with Gasteiger partial charge in [-0.3, -0.25) is 0 Å². The predicted molar refractivity (Wildman–Crippen MR) is 133 cm³/mol. The number of nitrogens with zero attached hydrogens (tertiary/aromatic N) is 3. The third-order valence-electron chi connectivity index (χ3n) is 5.58. The zero-order valence-electron chi connectivity index (χ0n) is 21.2. The van der Waals surface area contributed by atoms with Gasteiger partial charge in [-0.05, 0) is 6.42 Å². The van der Waals surface area contributed by atoms with E-state index in [2.05, 4.69) is 42.1 Å². The summed E-state index contributed by atoms with van der Waals surface area (Å²) in [4.78, 5) is 0. The molecular weight excluding hydrogens is 465 g/mol. The Labute approximate surface area is 221 Å². The van der Waals surface area contributed by atoms with Crippen LogP contribution in [0.15, 0.2) is 61.2 Å². The van der Waals surface area contributed by atoms with E-state index in [-0.39, 0.29) is 30.3 Å². The Morgan fingerprint density at radius 2 is 0.882 bits per heavy atom. The fourth-order valence-corrected chi connectivity index (χ4v) is 3.69. The molecule has 34 heavy (non-hydrogen) atoms. The molecule has 2 N–H and O–H groups in total. The molecule has 0 spiro atoms. The van der Waals surface area contributed by atoms with Crippen molar-refractivity contribution in [3.63, 3.8) is 0 Å². The SMILES string of the molecule is CCCCCCCCCCCCCCCC[n+]1ccccc1.N#CC[n+]1ccccc1.O.[Cl-].[Cl-]. The molecule has 0 amide bonds. The van der Waals surface area contributed by atoms with Crippen molar-refractivity contribution in [3.8, 4) is 6.07 Å². The molecule has 0 radical (unpaired) electrons. The molecule has 2 heterocycles. The molecule has 0 saturated heterocycles. The van der Waals surface area contributed by atoms with E-state index in [4.69, 9.17) is 5.26 Å². The van der Waals surface area contributed by atoms with Gasteiger partial charge in [-0.15, -0.1) is 0 Å². The van der Waals surface area contributed by atoms with Crippen molar-refractivity contribution in [2.45, 2.75) is 110 Å². The molecule has 4 nitrogen and oxygen atoms in total. The van der Waals surface area contributed by atoms with Crippen LogP contribution in [0.3, 0.4) is 0 Å². The highest BCUT2D eigenvalue weighted by Gasteiger charge is 1.98. The first-order valence-corrected chi connectivity index (χ1v) is 12.6. The zero-order valence-corrected chi connectivity index (χ0v) is 22.7. The third-order valence-corrected chi connectivity index (χ3v) is 5.58. The van der Waals surface area contributed by atoms with Crippen LogP contribution in [0.2, 0.25) is 0 Å². The number of aromatic nitrogens is 2. The van der Waals surface area contributed by atoms with Crippen LogP contribution >= 0.6 is 0 Å². The number of hydrogen-bond donors (Lipinski definition) is 0. The average Bonchev–Trinajstić information content (AvgIpc) is 2.81. The van der Waals surface area contributed by atoms with E-state index < -0.39 is 0 Å². The van der Waals surface area contributed by atoms with Crippen LogP contribution in [0.1, 0.15) is 96.8 Å². The molecule has 0 aromatic carbocycles. The summed E-state index contributed by atoms with van der Waals surface area (Å²) in [6.45, 7) is 3.90. The van der Waals surface area contributed by atoms with E-state index >= 15 is 0 Å². The van der Waals surface area contributed by atoms with Crippen LogP contribution in [0, 0.1) is 11.3 Å². The van der Waals surface area contributed by atoms with E-state index in [1.54, 1.807) is 0 Å². The molecule has 0 fully saturated rings. The van der Waals surface area contributed by atoms with E-state index in [0.717, 1.165) is 0 Å². The number of hydrogen-bond acceptors (Lipinski definition) is 1. The molecule has 0 saturated carbocycles. The van der Waals surface area contributed by atoms with E-state index in [9.17, 15) is 0 Å². The Bertz CT molecular complexity index is 666. The molecule has 0 atom stereocenters. The first-order valence-electron chi connectivity index (χ1n) is 12.6. The molecule has 0 bridgehead atoms. The normalized spacial score (nSPS) is 9.29. The van der Waals surface area contributed by atoms with Crippen molar-refractivity contribution >= 4 is 0 Å². The van der Waals surface area contributed by atoms with Gasteiger partial charge in [-0.2, -0.15) is 9.83 Å². The number of aryl methyl sites for hydroxylation is 1. The van der Waals surface area contributed by atoms with Crippen LogP contribution < -0.4 is 33.9 Å². The van der Waals surface area contributed by atoms with Crippen LogP contribution in [0.5, 0.6) is 0 Å². The largest absolute Gasteiger partial charge is 1.00 e. The minimum absolute atomic E-state index is 0. The van der Waals surface area contributed by atoms with Gasteiger partial charge in [-0.1, -0.05) is 96.1 Å².